The molecule has 2 heterocycles. The van der Waals surface area contributed by atoms with E-state index in [1.165, 1.54) is 19.3 Å². The molecule has 1 spiro atoms. The normalized spacial score (nSPS) is 50.5. The van der Waals surface area contributed by atoms with Gasteiger partial charge in [-0.1, -0.05) is 27.2 Å². The van der Waals surface area contributed by atoms with Gasteiger partial charge in [-0.05, 0) is 31.6 Å². The highest BCUT2D eigenvalue weighted by Crippen LogP contribution is 2.70. The largest absolute Gasteiger partial charge is 0.462 e. The lowest BCUT2D eigenvalue weighted by Crippen LogP contribution is -2.54. The van der Waals surface area contributed by atoms with E-state index in [-0.39, 0.29) is 53.7 Å². The third kappa shape index (κ3) is 2.14. The summed E-state index contributed by atoms with van der Waals surface area (Å²) in [6.45, 7) is 7.39. The fraction of sp³-hybridized carbons (Fsp3) is 0.947. The van der Waals surface area contributed by atoms with Crippen LogP contribution in [0.3, 0.4) is 0 Å². The monoisotopic (exact) mass is 337 g/mol. The summed E-state index contributed by atoms with van der Waals surface area (Å²) in [5.74, 6) is 0.520. The van der Waals surface area contributed by atoms with Gasteiger partial charge in [0.2, 0.25) is 0 Å². The van der Waals surface area contributed by atoms with E-state index in [1.54, 1.807) is 0 Å². The smallest absolute Gasteiger partial charge is 0.311 e. The van der Waals surface area contributed by atoms with E-state index in [4.69, 9.17) is 9.47 Å². The Bertz CT molecular complexity index is 521. The van der Waals surface area contributed by atoms with Crippen molar-refractivity contribution in [2.24, 2.45) is 23.2 Å². The van der Waals surface area contributed by atoms with Gasteiger partial charge in [0.1, 0.15) is 11.7 Å². The van der Waals surface area contributed by atoms with Crippen LogP contribution in [-0.4, -0.2) is 48.1 Å². The first kappa shape index (κ1) is 16.8. The number of fused-ring (bicyclic) bond motifs is 2. The Morgan fingerprint density at radius 3 is 2.96 bits per heavy atom. The molecule has 0 aromatic rings. The van der Waals surface area contributed by atoms with Crippen molar-refractivity contribution in [1.29, 1.82) is 0 Å². The summed E-state index contributed by atoms with van der Waals surface area (Å²) >= 11 is 0. The van der Waals surface area contributed by atoms with Gasteiger partial charge >= 0.3 is 5.97 Å². The fourth-order valence-electron chi connectivity index (χ4n) is 6.10. The second kappa shape index (κ2) is 5.68. The molecule has 0 radical (unpaired) electrons. The number of aliphatic hydroxyl groups excluding tert-OH is 1. The van der Waals surface area contributed by atoms with Crippen LogP contribution >= 0.6 is 0 Å². The molecule has 8 atom stereocenters. The molecule has 4 rings (SSSR count). The van der Waals surface area contributed by atoms with E-state index in [0.29, 0.717) is 12.5 Å². The first-order valence-electron chi connectivity index (χ1n) is 9.69. The molecule has 2 aliphatic carbocycles. The quantitative estimate of drug-likeness (QED) is 0.592. The van der Waals surface area contributed by atoms with Gasteiger partial charge in [0.15, 0.2) is 0 Å². The lowest BCUT2D eigenvalue weighted by molar-refractivity contribution is -0.146. The molecule has 0 amide bonds. The van der Waals surface area contributed by atoms with Gasteiger partial charge in [0.05, 0.1) is 18.6 Å². The first-order chi connectivity index (χ1) is 11.5. The van der Waals surface area contributed by atoms with Crippen LogP contribution in [0, 0.1) is 23.2 Å². The van der Waals surface area contributed by atoms with Gasteiger partial charge in [-0.25, -0.2) is 0 Å². The molecular formula is C19H31NO4. The van der Waals surface area contributed by atoms with Crippen LogP contribution in [0.25, 0.3) is 0 Å². The summed E-state index contributed by atoms with van der Waals surface area (Å²) in [6, 6.07) is 0.0494. The highest BCUT2D eigenvalue weighted by atomic mass is 16.6. The molecular weight excluding hydrogens is 306 g/mol. The van der Waals surface area contributed by atoms with Crippen molar-refractivity contribution < 1.29 is 19.4 Å². The standard InChI is InChI=1S/C19H31NO4/c1-4-12(10-21)20-9-13-15-14(23-17(13)22)8-18(3)7-5-6-11(2)19(18)16(15)24-19/h11-16,20-21H,4-10H2,1-3H3/t11-,12?,13?,14+,15+,16-,18+,19-/m0/s1. The van der Waals surface area contributed by atoms with Gasteiger partial charge in [-0.15, -0.1) is 0 Å². The van der Waals surface area contributed by atoms with Gasteiger partial charge in [0.25, 0.3) is 0 Å². The van der Waals surface area contributed by atoms with E-state index in [1.807, 2.05) is 6.92 Å². The SMILES string of the molecule is CCC(CO)NCC1C(=O)O[C@@H]2C[C@@]3(C)CCC[C@H](C)[C@@]34O[C@H]4[C@H]12. The molecule has 0 aromatic carbocycles. The first-order valence-corrected chi connectivity index (χ1v) is 9.69. The summed E-state index contributed by atoms with van der Waals surface area (Å²) in [5, 5.41) is 12.7. The number of rotatable bonds is 5. The zero-order chi connectivity index (χ0) is 17.1. The van der Waals surface area contributed by atoms with Crippen molar-refractivity contribution in [3.63, 3.8) is 0 Å². The Morgan fingerprint density at radius 1 is 1.46 bits per heavy atom. The minimum Gasteiger partial charge on any atom is -0.462 e. The molecule has 2 aliphatic heterocycles. The van der Waals surface area contributed by atoms with Crippen LogP contribution in [0.2, 0.25) is 0 Å². The van der Waals surface area contributed by atoms with E-state index in [0.717, 1.165) is 12.8 Å². The average Bonchev–Trinajstić information content (AvgIpc) is 3.23. The summed E-state index contributed by atoms with van der Waals surface area (Å²) in [5.41, 5.74) is 0.121. The Hall–Kier alpha value is -0.650. The topological polar surface area (TPSA) is 71.1 Å². The lowest BCUT2D eigenvalue weighted by atomic mass is 9.53. The van der Waals surface area contributed by atoms with Crippen molar-refractivity contribution in [2.75, 3.05) is 13.2 Å². The molecule has 5 nitrogen and oxygen atoms in total. The maximum Gasteiger partial charge on any atom is 0.311 e. The Morgan fingerprint density at radius 2 is 2.25 bits per heavy atom. The third-order valence-corrected chi connectivity index (χ3v) is 7.53. The van der Waals surface area contributed by atoms with Gasteiger partial charge in [-0.2, -0.15) is 0 Å². The van der Waals surface area contributed by atoms with Crippen LogP contribution < -0.4 is 5.32 Å². The van der Waals surface area contributed by atoms with Crippen molar-refractivity contribution in [3.8, 4) is 0 Å². The predicted octanol–water partition coefficient (Wildman–Crippen LogP) is 1.87. The molecule has 2 N–H and O–H groups in total. The fourth-order valence-corrected chi connectivity index (χ4v) is 6.10. The zero-order valence-electron chi connectivity index (χ0n) is 15.1. The zero-order valence-corrected chi connectivity index (χ0v) is 15.1. The number of carbonyl (C=O) groups is 1. The Balaban J connectivity index is 1.54. The maximum absolute atomic E-state index is 12.5. The molecule has 0 bridgehead atoms. The molecule has 24 heavy (non-hydrogen) atoms. The predicted molar refractivity (Wildman–Crippen MR) is 89.4 cm³/mol. The molecule has 0 aromatic heterocycles. The molecule has 5 heteroatoms. The second-order valence-electron chi connectivity index (χ2n) is 8.74. The van der Waals surface area contributed by atoms with Crippen LogP contribution in [-0.2, 0) is 14.3 Å². The van der Waals surface area contributed by atoms with Crippen LogP contribution in [0.4, 0.5) is 0 Å². The van der Waals surface area contributed by atoms with Crippen LogP contribution in [0.15, 0.2) is 0 Å². The van der Waals surface area contributed by atoms with E-state index in [9.17, 15) is 9.90 Å². The molecule has 2 saturated carbocycles. The molecule has 2 saturated heterocycles. The number of carbonyl (C=O) groups excluding carboxylic acids is 1. The third-order valence-electron chi connectivity index (χ3n) is 7.53. The van der Waals surface area contributed by atoms with E-state index >= 15 is 0 Å². The molecule has 136 valence electrons. The molecule has 4 fully saturated rings. The van der Waals surface area contributed by atoms with E-state index < -0.39 is 0 Å². The van der Waals surface area contributed by atoms with Crippen molar-refractivity contribution >= 4 is 5.97 Å². The maximum atomic E-state index is 12.5. The summed E-state index contributed by atoms with van der Waals surface area (Å²) in [7, 11) is 0. The number of epoxide rings is 1. The summed E-state index contributed by atoms with van der Waals surface area (Å²) in [4.78, 5) is 12.5. The van der Waals surface area contributed by atoms with Crippen molar-refractivity contribution in [2.45, 2.75) is 76.7 Å². The average molecular weight is 337 g/mol. The number of nitrogens with one attached hydrogen (secondary N) is 1. The highest BCUT2D eigenvalue weighted by Gasteiger charge is 2.78. The highest BCUT2D eigenvalue weighted by molar-refractivity contribution is 5.76. The van der Waals surface area contributed by atoms with Gasteiger partial charge < -0.3 is 19.9 Å². The second-order valence-corrected chi connectivity index (χ2v) is 8.74. The number of esters is 1. The summed E-state index contributed by atoms with van der Waals surface area (Å²) in [6.07, 6.45) is 5.63. The van der Waals surface area contributed by atoms with Crippen molar-refractivity contribution in [3.05, 3.63) is 0 Å². The molecule has 2 unspecified atom stereocenters. The number of aliphatic hydroxyl groups is 1. The lowest BCUT2D eigenvalue weighted by Gasteiger charge is -2.48. The van der Waals surface area contributed by atoms with Crippen LogP contribution in [0.5, 0.6) is 0 Å². The number of ether oxygens (including phenoxy) is 2. The number of hydrogen-bond donors (Lipinski definition) is 2. The minimum atomic E-state index is -0.140. The summed E-state index contributed by atoms with van der Waals surface area (Å²) < 4.78 is 12.2. The van der Waals surface area contributed by atoms with Gasteiger partial charge in [0, 0.05) is 23.9 Å². The minimum absolute atomic E-state index is 0.00873. The van der Waals surface area contributed by atoms with Crippen LogP contribution in [0.1, 0.15) is 52.9 Å². The van der Waals surface area contributed by atoms with E-state index in [2.05, 4.69) is 19.2 Å². The van der Waals surface area contributed by atoms with Crippen molar-refractivity contribution in [1.82, 2.24) is 5.32 Å². The Kier molecular flexibility index (Phi) is 3.98. The number of hydrogen-bond acceptors (Lipinski definition) is 5. The molecule has 4 aliphatic rings. The van der Waals surface area contributed by atoms with Gasteiger partial charge in [-0.3, -0.25) is 4.79 Å². The Labute approximate surface area is 144 Å².